The van der Waals surface area contributed by atoms with Gasteiger partial charge in [0, 0.05) is 11.4 Å². The first-order valence-electron chi connectivity index (χ1n) is 6.75. The highest BCUT2D eigenvalue weighted by Crippen LogP contribution is 2.34. The van der Waals surface area contributed by atoms with Crippen LogP contribution in [0.3, 0.4) is 0 Å². The summed E-state index contributed by atoms with van der Waals surface area (Å²) >= 11 is 11.9. The van der Waals surface area contributed by atoms with Crippen LogP contribution < -0.4 is 4.74 Å². The van der Waals surface area contributed by atoms with E-state index in [4.69, 9.17) is 32.4 Å². The van der Waals surface area contributed by atoms with Crippen molar-refractivity contribution in [3.63, 3.8) is 0 Å². The van der Waals surface area contributed by atoms with Gasteiger partial charge in [-0.25, -0.2) is 4.39 Å². The van der Waals surface area contributed by atoms with E-state index < -0.39 is 16.6 Å². The van der Waals surface area contributed by atoms with Crippen LogP contribution in [0.5, 0.6) is 5.75 Å². The van der Waals surface area contributed by atoms with Crippen LogP contribution in [0.1, 0.15) is 5.56 Å². The molecular weight excluding hydrogens is 362 g/mol. The molecule has 0 bridgehead atoms. The van der Waals surface area contributed by atoms with E-state index in [-0.39, 0.29) is 34.4 Å². The Labute approximate surface area is 144 Å². The summed E-state index contributed by atoms with van der Waals surface area (Å²) in [6, 6.07) is 4.15. The molecule has 9 heteroatoms. The number of nitro groups is 1. The van der Waals surface area contributed by atoms with Crippen molar-refractivity contribution in [2.45, 2.75) is 6.42 Å². The maximum Gasteiger partial charge on any atom is 0.410 e. The molecular formula is C15H9Cl2FN2O4. The minimum absolute atomic E-state index is 0.0226. The summed E-state index contributed by atoms with van der Waals surface area (Å²) in [4.78, 5) is 14.2. The minimum atomic E-state index is -0.667. The molecule has 0 N–H and O–H groups in total. The first-order chi connectivity index (χ1) is 11.5. The zero-order valence-corrected chi connectivity index (χ0v) is 13.5. The Morgan fingerprint density at radius 3 is 2.88 bits per heavy atom. The molecule has 2 heterocycles. The third kappa shape index (κ3) is 3.00. The molecule has 0 amide bonds. The lowest BCUT2D eigenvalue weighted by molar-refractivity contribution is -0.390. The van der Waals surface area contributed by atoms with Crippen molar-refractivity contribution in [1.29, 1.82) is 0 Å². The van der Waals surface area contributed by atoms with Crippen LogP contribution in [-0.2, 0) is 6.42 Å². The van der Waals surface area contributed by atoms with E-state index in [1.54, 1.807) is 6.07 Å². The van der Waals surface area contributed by atoms with Crippen molar-refractivity contribution in [2.75, 3.05) is 6.61 Å². The smallest absolute Gasteiger partial charge is 0.410 e. The van der Waals surface area contributed by atoms with E-state index in [9.17, 15) is 14.5 Å². The van der Waals surface area contributed by atoms with Gasteiger partial charge in [-0.3, -0.25) is 0 Å². The Bertz CT molecular complexity index is 929. The fourth-order valence-electron chi connectivity index (χ4n) is 2.21. The second-order valence-corrected chi connectivity index (χ2v) is 5.58. The summed E-state index contributed by atoms with van der Waals surface area (Å²) in [5.74, 6) is -1.16. The number of rotatable bonds is 5. The second kappa shape index (κ2) is 6.62. The number of furan rings is 1. The van der Waals surface area contributed by atoms with Crippen molar-refractivity contribution >= 4 is 40.0 Å². The van der Waals surface area contributed by atoms with E-state index in [2.05, 4.69) is 4.98 Å². The Morgan fingerprint density at radius 1 is 1.33 bits per heavy atom. The lowest BCUT2D eigenvalue weighted by atomic mass is 10.1. The summed E-state index contributed by atoms with van der Waals surface area (Å²) in [7, 11) is 0. The molecule has 0 spiro atoms. The molecule has 0 aliphatic heterocycles. The third-order valence-corrected chi connectivity index (χ3v) is 4.10. The fourth-order valence-corrected chi connectivity index (χ4v) is 2.77. The normalized spacial score (nSPS) is 11.0. The van der Waals surface area contributed by atoms with Gasteiger partial charge in [0.05, 0.1) is 23.3 Å². The van der Waals surface area contributed by atoms with E-state index in [0.717, 1.165) is 6.07 Å². The molecule has 6 nitrogen and oxygen atoms in total. The third-order valence-electron chi connectivity index (χ3n) is 3.34. The molecule has 0 aliphatic rings. The van der Waals surface area contributed by atoms with E-state index >= 15 is 0 Å². The fraction of sp³-hybridized carbons (Fsp3) is 0.133. The highest BCUT2D eigenvalue weighted by atomic mass is 35.5. The van der Waals surface area contributed by atoms with Gasteiger partial charge in [0.1, 0.15) is 5.82 Å². The molecule has 2 aromatic heterocycles. The Balaban J connectivity index is 1.86. The second-order valence-electron chi connectivity index (χ2n) is 4.79. The number of pyridine rings is 1. The summed E-state index contributed by atoms with van der Waals surface area (Å²) < 4.78 is 24.2. The number of hydrogen-bond acceptors (Lipinski definition) is 5. The standard InChI is InChI=1S/C15H9Cl2FN2O4/c16-10-1-2-11(18)12(17)9(10)4-6-24-14-13-8(3-5-23-13)7-19-15(14)20(21)22/h1-3,5,7H,4,6H2. The van der Waals surface area contributed by atoms with Crippen LogP contribution in [0, 0.1) is 15.9 Å². The van der Waals surface area contributed by atoms with Gasteiger partial charge in [-0.1, -0.05) is 23.2 Å². The van der Waals surface area contributed by atoms with E-state index in [1.807, 2.05) is 0 Å². The van der Waals surface area contributed by atoms with Gasteiger partial charge in [0.2, 0.25) is 0 Å². The number of nitrogens with zero attached hydrogens (tertiary/aromatic N) is 2. The Hall–Kier alpha value is -2.38. The van der Waals surface area contributed by atoms with Crippen LogP contribution in [0.2, 0.25) is 10.0 Å². The monoisotopic (exact) mass is 370 g/mol. The van der Waals surface area contributed by atoms with Gasteiger partial charge in [-0.15, -0.1) is 0 Å². The number of fused-ring (bicyclic) bond motifs is 1. The van der Waals surface area contributed by atoms with Crippen LogP contribution in [0.15, 0.2) is 35.1 Å². The molecule has 3 aromatic rings. The molecule has 0 unspecified atom stereocenters. The average Bonchev–Trinajstić information content (AvgIpc) is 3.03. The molecule has 3 rings (SSSR count). The van der Waals surface area contributed by atoms with Crippen molar-refractivity contribution in [3.8, 4) is 5.75 Å². The van der Waals surface area contributed by atoms with Gasteiger partial charge >= 0.3 is 5.82 Å². The average molecular weight is 371 g/mol. The van der Waals surface area contributed by atoms with E-state index in [1.165, 1.54) is 18.5 Å². The van der Waals surface area contributed by atoms with Gasteiger partial charge in [0.15, 0.2) is 11.8 Å². The van der Waals surface area contributed by atoms with Gasteiger partial charge in [0.25, 0.3) is 5.75 Å². The number of ether oxygens (including phenoxy) is 1. The number of benzene rings is 1. The number of halogens is 3. The van der Waals surface area contributed by atoms with Gasteiger partial charge < -0.3 is 19.3 Å². The van der Waals surface area contributed by atoms with Gasteiger partial charge in [-0.2, -0.15) is 0 Å². The molecule has 0 aliphatic carbocycles. The highest BCUT2D eigenvalue weighted by Gasteiger charge is 2.23. The molecule has 124 valence electrons. The topological polar surface area (TPSA) is 78.4 Å². The van der Waals surface area contributed by atoms with E-state index in [0.29, 0.717) is 10.9 Å². The van der Waals surface area contributed by atoms with Gasteiger partial charge in [-0.05, 0) is 33.7 Å². The summed E-state index contributed by atoms with van der Waals surface area (Å²) in [6.07, 6.45) is 2.86. The summed E-state index contributed by atoms with van der Waals surface area (Å²) in [6.45, 7) is -0.0226. The quantitative estimate of drug-likeness (QED) is 0.366. The maximum atomic E-state index is 13.5. The summed E-state index contributed by atoms with van der Waals surface area (Å²) in [5.41, 5.74) is 0.578. The predicted octanol–water partition coefficient (Wildman–Crippen LogP) is 4.80. The zero-order valence-electron chi connectivity index (χ0n) is 12.0. The Kier molecular flexibility index (Phi) is 4.55. The SMILES string of the molecule is O=[N+]([O-])c1ncc2ccoc2c1OCCc1c(Cl)ccc(F)c1Cl. The van der Waals surface area contributed by atoms with Crippen LogP contribution >= 0.6 is 23.2 Å². The zero-order chi connectivity index (χ0) is 17.3. The maximum absolute atomic E-state index is 13.5. The highest BCUT2D eigenvalue weighted by molar-refractivity contribution is 6.36. The molecule has 0 radical (unpaired) electrons. The lowest BCUT2D eigenvalue weighted by Gasteiger charge is -2.09. The first kappa shape index (κ1) is 16.5. The van der Waals surface area contributed by atoms with Crippen LogP contribution in [0.25, 0.3) is 11.0 Å². The Morgan fingerprint density at radius 2 is 2.12 bits per heavy atom. The molecule has 0 atom stereocenters. The van der Waals surface area contributed by atoms with Crippen molar-refractivity contribution < 1.29 is 18.5 Å². The largest absolute Gasteiger partial charge is 0.483 e. The molecule has 0 saturated heterocycles. The van der Waals surface area contributed by atoms with Crippen molar-refractivity contribution in [3.05, 3.63) is 62.2 Å². The molecule has 1 aromatic carbocycles. The first-order valence-corrected chi connectivity index (χ1v) is 7.50. The number of aromatic nitrogens is 1. The molecule has 0 fully saturated rings. The van der Waals surface area contributed by atoms with Crippen molar-refractivity contribution in [2.24, 2.45) is 0 Å². The predicted molar refractivity (Wildman–Crippen MR) is 86.3 cm³/mol. The minimum Gasteiger partial charge on any atom is -0.483 e. The summed E-state index contributed by atoms with van der Waals surface area (Å²) in [5, 5.41) is 11.9. The van der Waals surface area contributed by atoms with Crippen LogP contribution in [0.4, 0.5) is 10.2 Å². The molecule has 0 saturated carbocycles. The van der Waals surface area contributed by atoms with Crippen molar-refractivity contribution in [1.82, 2.24) is 4.98 Å². The lowest BCUT2D eigenvalue weighted by Crippen LogP contribution is -2.06. The molecule has 24 heavy (non-hydrogen) atoms. The number of hydrogen-bond donors (Lipinski definition) is 0. The van der Waals surface area contributed by atoms with Crippen LogP contribution in [-0.4, -0.2) is 16.5 Å².